The third kappa shape index (κ3) is 12.0. The number of guanidine groups is 1. The number of sulfone groups is 1. The smallest absolute Gasteiger partial charge is 0.191 e. The highest BCUT2D eigenvalue weighted by molar-refractivity contribution is 14.0. The molecule has 0 saturated heterocycles. The van der Waals surface area contributed by atoms with E-state index in [1.807, 2.05) is 13.8 Å². The number of aliphatic imine (C=N–C) groups is 1. The minimum absolute atomic E-state index is 0. The van der Waals surface area contributed by atoms with E-state index in [0.717, 1.165) is 31.4 Å². The largest absolute Gasteiger partial charge is 0.357 e. The monoisotopic (exact) mass is 459 g/mol. The number of hydrogen-bond acceptors (Lipinski definition) is 3. The molecule has 0 heterocycles. The fourth-order valence-corrected chi connectivity index (χ4v) is 3.63. The Bertz CT molecular complexity index is 435. The minimum atomic E-state index is -2.90. The van der Waals surface area contributed by atoms with Crippen molar-refractivity contribution in [2.75, 3.05) is 25.1 Å². The first kappa shape index (κ1) is 22.9. The van der Waals surface area contributed by atoms with E-state index in [4.69, 9.17) is 0 Å². The molecule has 23 heavy (non-hydrogen) atoms. The summed E-state index contributed by atoms with van der Waals surface area (Å²) in [5.74, 6) is 1.85. The van der Waals surface area contributed by atoms with Crippen LogP contribution in [0.4, 0.5) is 0 Å². The molecule has 0 bridgehead atoms. The molecule has 1 saturated carbocycles. The minimum Gasteiger partial charge on any atom is -0.357 e. The molecular weight excluding hydrogens is 425 g/mol. The van der Waals surface area contributed by atoms with E-state index in [0.29, 0.717) is 6.42 Å². The molecule has 5 nitrogen and oxygen atoms in total. The van der Waals surface area contributed by atoms with Gasteiger partial charge in [-0.1, -0.05) is 32.1 Å². The zero-order valence-electron chi connectivity index (χ0n) is 14.8. The Labute approximate surface area is 159 Å². The van der Waals surface area contributed by atoms with Gasteiger partial charge in [0.05, 0.1) is 5.75 Å². The van der Waals surface area contributed by atoms with Gasteiger partial charge in [-0.3, -0.25) is 4.99 Å². The Morgan fingerprint density at radius 2 is 1.91 bits per heavy atom. The summed E-state index contributed by atoms with van der Waals surface area (Å²) in [6.45, 7) is 5.70. The van der Waals surface area contributed by atoms with Gasteiger partial charge >= 0.3 is 0 Å². The highest BCUT2D eigenvalue weighted by atomic mass is 127. The molecular formula is C16H34IN3O2S. The van der Waals surface area contributed by atoms with Gasteiger partial charge in [0.25, 0.3) is 0 Å². The Morgan fingerprint density at radius 1 is 1.26 bits per heavy atom. The first-order chi connectivity index (χ1) is 10.4. The maximum atomic E-state index is 11.2. The topological polar surface area (TPSA) is 70.6 Å². The van der Waals surface area contributed by atoms with E-state index >= 15 is 0 Å². The number of hydrogen-bond donors (Lipinski definition) is 2. The number of halogens is 1. The Hall–Kier alpha value is -0.0500. The molecule has 0 aliphatic heterocycles. The van der Waals surface area contributed by atoms with Gasteiger partial charge in [-0.2, -0.15) is 0 Å². The van der Waals surface area contributed by atoms with Crippen molar-refractivity contribution in [1.29, 1.82) is 0 Å². The van der Waals surface area contributed by atoms with Crippen molar-refractivity contribution in [1.82, 2.24) is 10.6 Å². The van der Waals surface area contributed by atoms with E-state index in [1.54, 1.807) is 0 Å². The van der Waals surface area contributed by atoms with Crippen molar-refractivity contribution in [3.63, 3.8) is 0 Å². The summed E-state index contributed by atoms with van der Waals surface area (Å²) < 4.78 is 22.4. The van der Waals surface area contributed by atoms with Gasteiger partial charge in [0.2, 0.25) is 0 Å². The second kappa shape index (κ2) is 12.3. The molecule has 0 aromatic carbocycles. The molecule has 0 aromatic heterocycles. The summed E-state index contributed by atoms with van der Waals surface area (Å²) in [6.07, 6.45) is 9.88. The second-order valence-electron chi connectivity index (χ2n) is 6.52. The molecule has 1 fully saturated rings. The predicted molar refractivity (Wildman–Crippen MR) is 110 cm³/mol. The van der Waals surface area contributed by atoms with Gasteiger partial charge in [-0.15, -0.1) is 24.0 Å². The van der Waals surface area contributed by atoms with Crippen LogP contribution in [0.15, 0.2) is 4.99 Å². The Morgan fingerprint density at radius 3 is 2.48 bits per heavy atom. The van der Waals surface area contributed by atoms with Crippen LogP contribution in [-0.2, 0) is 9.84 Å². The van der Waals surface area contributed by atoms with Crippen LogP contribution in [0.5, 0.6) is 0 Å². The van der Waals surface area contributed by atoms with Crippen LogP contribution in [-0.4, -0.2) is 45.5 Å². The fraction of sp³-hybridized carbons (Fsp3) is 0.938. The summed E-state index contributed by atoms with van der Waals surface area (Å²) in [5.41, 5.74) is 0. The van der Waals surface area contributed by atoms with Crippen LogP contribution in [0.2, 0.25) is 0 Å². The first-order valence-corrected chi connectivity index (χ1v) is 10.7. The molecule has 1 aliphatic rings. The van der Waals surface area contributed by atoms with Crippen LogP contribution >= 0.6 is 24.0 Å². The molecule has 1 atom stereocenters. The molecule has 0 amide bonds. The van der Waals surface area contributed by atoms with Crippen molar-refractivity contribution in [3.8, 4) is 0 Å². The van der Waals surface area contributed by atoms with E-state index in [9.17, 15) is 8.42 Å². The van der Waals surface area contributed by atoms with Gasteiger partial charge in [-0.05, 0) is 32.6 Å². The van der Waals surface area contributed by atoms with Crippen molar-refractivity contribution in [2.45, 2.75) is 64.8 Å². The van der Waals surface area contributed by atoms with Gasteiger partial charge in [-0.25, -0.2) is 8.42 Å². The van der Waals surface area contributed by atoms with Gasteiger partial charge in [0, 0.05) is 25.4 Å². The quantitative estimate of drug-likeness (QED) is 0.333. The van der Waals surface area contributed by atoms with E-state index in [1.165, 1.54) is 38.4 Å². The first-order valence-electron chi connectivity index (χ1n) is 8.63. The lowest BCUT2D eigenvalue weighted by atomic mass is 9.87. The standard InChI is InChI=1S/C16H33N3O2S.HI/c1-4-17-16(19-14(2)11-13-22(3,20)21)18-12-10-15-8-6-5-7-9-15;/h14-15H,4-13H2,1-3H3,(H2,17,18,19);1H. The third-order valence-corrected chi connectivity index (χ3v) is 5.16. The normalized spacial score (nSPS) is 18.1. The van der Waals surface area contributed by atoms with Crippen LogP contribution in [0.25, 0.3) is 0 Å². The lowest BCUT2D eigenvalue weighted by molar-refractivity contribution is 0.343. The molecule has 7 heteroatoms. The molecule has 1 rings (SSSR count). The highest BCUT2D eigenvalue weighted by Gasteiger charge is 2.13. The maximum Gasteiger partial charge on any atom is 0.191 e. The van der Waals surface area contributed by atoms with Crippen molar-refractivity contribution in [3.05, 3.63) is 0 Å². The molecule has 1 unspecified atom stereocenters. The fourth-order valence-electron chi connectivity index (χ4n) is 2.85. The van der Waals surface area contributed by atoms with Gasteiger partial charge < -0.3 is 10.6 Å². The Kier molecular flexibility index (Phi) is 12.3. The van der Waals surface area contributed by atoms with Crippen molar-refractivity contribution in [2.24, 2.45) is 10.9 Å². The van der Waals surface area contributed by atoms with E-state index in [2.05, 4.69) is 15.6 Å². The van der Waals surface area contributed by atoms with Crippen LogP contribution < -0.4 is 10.6 Å². The zero-order chi connectivity index (χ0) is 16.4. The van der Waals surface area contributed by atoms with E-state index in [-0.39, 0.29) is 35.8 Å². The van der Waals surface area contributed by atoms with Crippen LogP contribution in [0.1, 0.15) is 58.8 Å². The van der Waals surface area contributed by atoms with E-state index < -0.39 is 9.84 Å². The van der Waals surface area contributed by atoms with Crippen LogP contribution in [0, 0.1) is 5.92 Å². The number of rotatable bonds is 8. The SMILES string of the molecule is CCNC(=NCCC1CCCCC1)NC(C)CCS(C)(=O)=O.I. The lowest BCUT2D eigenvalue weighted by Crippen LogP contribution is -2.43. The average Bonchev–Trinajstić information content (AvgIpc) is 2.46. The molecule has 0 aromatic rings. The maximum absolute atomic E-state index is 11.2. The Balaban J connectivity index is 0.00000484. The van der Waals surface area contributed by atoms with Crippen molar-refractivity contribution >= 4 is 39.8 Å². The zero-order valence-corrected chi connectivity index (χ0v) is 18.0. The summed E-state index contributed by atoms with van der Waals surface area (Å²) in [4.78, 5) is 4.64. The number of nitrogens with one attached hydrogen (secondary N) is 2. The molecule has 2 N–H and O–H groups in total. The molecule has 0 spiro atoms. The summed E-state index contributed by atoms with van der Waals surface area (Å²) in [6, 6.07) is 0.0993. The highest BCUT2D eigenvalue weighted by Crippen LogP contribution is 2.25. The second-order valence-corrected chi connectivity index (χ2v) is 8.78. The molecule has 1 aliphatic carbocycles. The van der Waals surface area contributed by atoms with Gasteiger partial charge in [0.1, 0.15) is 9.84 Å². The average molecular weight is 459 g/mol. The summed E-state index contributed by atoms with van der Waals surface area (Å²) in [5, 5.41) is 6.54. The van der Waals surface area contributed by atoms with Crippen LogP contribution in [0.3, 0.4) is 0 Å². The number of nitrogens with zero attached hydrogens (tertiary/aromatic N) is 1. The lowest BCUT2D eigenvalue weighted by Gasteiger charge is -2.21. The molecule has 0 radical (unpaired) electrons. The van der Waals surface area contributed by atoms with Crippen molar-refractivity contribution < 1.29 is 8.42 Å². The van der Waals surface area contributed by atoms with Gasteiger partial charge in [0.15, 0.2) is 5.96 Å². The summed E-state index contributed by atoms with van der Waals surface area (Å²) in [7, 11) is -2.90. The predicted octanol–water partition coefficient (Wildman–Crippen LogP) is 2.95. The third-order valence-electron chi connectivity index (χ3n) is 4.18. The molecule has 138 valence electrons. The summed E-state index contributed by atoms with van der Waals surface area (Å²) >= 11 is 0.